The molecular formula is C12H11AsO6. The summed E-state index contributed by atoms with van der Waals surface area (Å²) in [6, 6.07) is 4.88. The summed E-state index contributed by atoms with van der Waals surface area (Å²) in [5.41, 5.74) is 0.919. The van der Waals surface area contributed by atoms with Crippen LogP contribution in [-0.2, 0) is 16.0 Å². The van der Waals surface area contributed by atoms with Crippen molar-refractivity contribution in [3.05, 3.63) is 23.8 Å². The number of carboxylic acids is 2. The number of aliphatic carboxylic acids is 2. The van der Waals surface area contributed by atoms with Gasteiger partial charge < -0.3 is 0 Å². The summed E-state index contributed by atoms with van der Waals surface area (Å²) in [7, 11) is 0. The zero-order chi connectivity index (χ0) is 14.2. The molecule has 100 valence electrons. The van der Waals surface area contributed by atoms with E-state index in [4.69, 9.17) is 19.7 Å². The summed E-state index contributed by atoms with van der Waals surface area (Å²) in [5.74, 6) is -5.83. The van der Waals surface area contributed by atoms with Crippen LogP contribution in [0.15, 0.2) is 18.2 Å². The minimum absolute atomic E-state index is 0.117. The third-order valence-electron chi connectivity index (χ3n) is 2.61. The first kappa shape index (κ1) is 13.7. The maximum atomic E-state index is 11.1. The van der Waals surface area contributed by atoms with Gasteiger partial charge >= 0.3 is 117 Å². The van der Waals surface area contributed by atoms with Crippen molar-refractivity contribution in [2.75, 3.05) is 0 Å². The van der Waals surface area contributed by atoms with Gasteiger partial charge in [0.05, 0.1) is 0 Å². The van der Waals surface area contributed by atoms with Crippen molar-refractivity contribution in [2.24, 2.45) is 0 Å². The van der Waals surface area contributed by atoms with Gasteiger partial charge in [-0.15, -0.1) is 0 Å². The van der Waals surface area contributed by atoms with E-state index in [0.717, 1.165) is 12.0 Å². The number of rotatable bonds is 4. The second-order valence-electron chi connectivity index (χ2n) is 4.27. The number of hydrogen-bond donors (Lipinski definition) is 2. The van der Waals surface area contributed by atoms with Gasteiger partial charge in [-0.3, -0.25) is 0 Å². The van der Waals surface area contributed by atoms with Gasteiger partial charge in [0.2, 0.25) is 0 Å². The molecule has 19 heavy (non-hydrogen) atoms. The summed E-state index contributed by atoms with van der Waals surface area (Å²) in [5, 5.41) is 18.0. The summed E-state index contributed by atoms with van der Waals surface area (Å²) in [4.78, 5) is 22.1. The van der Waals surface area contributed by atoms with Gasteiger partial charge in [-0.05, 0) is 0 Å². The Morgan fingerprint density at radius 3 is 2.37 bits per heavy atom. The van der Waals surface area contributed by atoms with Crippen molar-refractivity contribution in [1.82, 2.24) is 0 Å². The Labute approximate surface area is 117 Å². The molecular weight excluding hydrogens is 315 g/mol. The van der Waals surface area contributed by atoms with Crippen LogP contribution in [0.4, 0.5) is 0 Å². The van der Waals surface area contributed by atoms with E-state index in [-0.39, 0.29) is 11.5 Å². The van der Waals surface area contributed by atoms with Gasteiger partial charge in [0.15, 0.2) is 0 Å². The first-order chi connectivity index (χ1) is 8.85. The molecule has 0 unspecified atom stereocenters. The number of carboxylic acid groups (broad SMARTS) is 2. The van der Waals surface area contributed by atoms with Gasteiger partial charge in [0.25, 0.3) is 0 Å². The topological polar surface area (TPSA) is 93.1 Å². The summed E-state index contributed by atoms with van der Waals surface area (Å²) in [6.07, 6.45) is 0.754. The fraction of sp³-hybridized carbons (Fsp3) is 0.333. The zero-order valence-corrected chi connectivity index (χ0v) is 11.9. The van der Waals surface area contributed by atoms with Crippen LogP contribution in [0.25, 0.3) is 0 Å². The predicted molar refractivity (Wildman–Crippen MR) is 64.6 cm³/mol. The molecule has 1 atom stereocenters. The maximum absolute atomic E-state index is 11.1. The van der Waals surface area contributed by atoms with E-state index in [1.807, 2.05) is 6.92 Å². The quantitative estimate of drug-likeness (QED) is 0.629. The van der Waals surface area contributed by atoms with Crippen LogP contribution in [0.3, 0.4) is 0 Å². The van der Waals surface area contributed by atoms with Crippen LogP contribution < -0.4 is 9.47 Å². The standard InChI is InChI=1S/C12H11AsO6/c1-6(13)4-7-2-3-8-9(5-7)19-12(18-8,10(14)15)11(16)17/h2-3,5-6H,4H2,1H3,(H,14,15)(H,16,17)/t6-/m1/s1. The van der Waals surface area contributed by atoms with Crippen molar-refractivity contribution in [2.45, 2.75) is 23.8 Å². The van der Waals surface area contributed by atoms with Gasteiger partial charge in [-0.1, -0.05) is 0 Å². The van der Waals surface area contributed by atoms with Crippen LogP contribution in [0, 0.1) is 0 Å². The van der Waals surface area contributed by atoms with E-state index in [2.05, 4.69) is 16.9 Å². The first-order valence-corrected chi connectivity index (χ1v) is 6.59. The molecule has 1 aromatic carbocycles. The van der Waals surface area contributed by atoms with E-state index < -0.39 is 17.7 Å². The van der Waals surface area contributed by atoms with Crippen molar-refractivity contribution >= 4 is 28.8 Å². The zero-order valence-electron chi connectivity index (χ0n) is 9.99. The Morgan fingerprint density at radius 2 is 1.84 bits per heavy atom. The van der Waals surface area contributed by atoms with Crippen LogP contribution in [0.1, 0.15) is 12.5 Å². The molecule has 1 aliphatic heterocycles. The molecule has 1 aromatic rings. The second kappa shape index (κ2) is 4.77. The average molecular weight is 326 g/mol. The number of carbonyl (C=O) groups is 2. The van der Waals surface area contributed by atoms with Gasteiger partial charge in [-0.2, -0.15) is 0 Å². The third-order valence-corrected chi connectivity index (χ3v) is 2.99. The molecule has 0 saturated carbocycles. The molecule has 6 nitrogen and oxygen atoms in total. The molecule has 2 N–H and O–H groups in total. The number of ether oxygens (including phenoxy) is 2. The van der Waals surface area contributed by atoms with E-state index in [9.17, 15) is 9.59 Å². The minimum atomic E-state index is -2.69. The SMILES string of the molecule is C[C@@H]([As])Cc1ccc2c(c1)OC(C(=O)O)(C(=O)O)O2. The van der Waals surface area contributed by atoms with Crippen molar-refractivity contribution in [3.8, 4) is 11.5 Å². The number of hydrogen-bond acceptors (Lipinski definition) is 4. The molecule has 0 aromatic heterocycles. The summed E-state index contributed by atoms with van der Waals surface area (Å²) < 4.78 is 10.3. The second-order valence-corrected chi connectivity index (χ2v) is 6.11. The van der Waals surface area contributed by atoms with E-state index in [1.54, 1.807) is 12.1 Å². The van der Waals surface area contributed by atoms with Gasteiger partial charge in [0.1, 0.15) is 0 Å². The molecule has 0 spiro atoms. The first-order valence-electron chi connectivity index (χ1n) is 5.51. The predicted octanol–water partition coefficient (Wildman–Crippen LogP) is 0.843. The van der Waals surface area contributed by atoms with E-state index in [1.165, 1.54) is 6.07 Å². The molecule has 0 bridgehead atoms. The fourth-order valence-electron chi connectivity index (χ4n) is 1.78. The monoisotopic (exact) mass is 326 g/mol. The van der Waals surface area contributed by atoms with Crippen LogP contribution in [0.2, 0.25) is 4.71 Å². The molecule has 0 fully saturated rings. The number of benzene rings is 1. The van der Waals surface area contributed by atoms with Gasteiger partial charge in [-0.25, -0.2) is 0 Å². The molecule has 1 heterocycles. The third kappa shape index (κ3) is 2.40. The Morgan fingerprint density at radius 1 is 1.26 bits per heavy atom. The Balaban J connectivity index is 2.34. The molecule has 2 rings (SSSR count). The van der Waals surface area contributed by atoms with Crippen LogP contribution >= 0.6 is 0 Å². The van der Waals surface area contributed by atoms with Crippen molar-refractivity contribution < 1.29 is 29.3 Å². The molecule has 2 radical (unpaired) electrons. The molecule has 0 aliphatic carbocycles. The molecule has 1 aliphatic rings. The van der Waals surface area contributed by atoms with Gasteiger partial charge in [0, 0.05) is 0 Å². The number of fused-ring (bicyclic) bond motifs is 1. The Kier molecular flexibility index (Phi) is 3.45. The summed E-state index contributed by atoms with van der Waals surface area (Å²) >= 11 is 2.50. The van der Waals surface area contributed by atoms with E-state index in [0.29, 0.717) is 4.71 Å². The van der Waals surface area contributed by atoms with Crippen LogP contribution in [0.5, 0.6) is 11.5 Å². The average Bonchev–Trinajstić information content (AvgIpc) is 2.68. The molecule has 7 heteroatoms. The summed E-state index contributed by atoms with van der Waals surface area (Å²) in [6.45, 7) is 2.02. The van der Waals surface area contributed by atoms with Crippen molar-refractivity contribution in [3.63, 3.8) is 0 Å². The Bertz CT molecular complexity index is 525. The normalized spacial score (nSPS) is 16.9. The Hall–Kier alpha value is -1.68. The molecule has 0 saturated heterocycles. The molecule has 0 amide bonds. The van der Waals surface area contributed by atoms with E-state index >= 15 is 0 Å². The van der Waals surface area contributed by atoms with Crippen LogP contribution in [-0.4, -0.2) is 44.8 Å². The fourth-order valence-corrected chi connectivity index (χ4v) is 2.22. The van der Waals surface area contributed by atoms with Crippen molar-refractivity contribution in [1.29, 1.82) is 0 Å².